The highest BCUT2D eigenvalue weighted by molar-refractivity contribution is 9.10. The van der Waals surface area contributed by atoms with E-state index in [9.17, 15) is 12.8 Å². The summed E-state index contributed by atoms with van der Waals surface area (Å²) in [6, 6.07) is 3.37. The molecule has 0 amide bonds. The lowest BCUT2D eigenvalue weighted by molar-refractivity contribution is 0.0712. The molecule has 1 aromatic carbocycles. The Morgan fingerprint density at radius 3 is 2.59 bits per heavy atom. The van der Waals surface area contributed by atoms with Crippen molar-refractivity contribution in [2.24, 2.45) is 0 Å². The fraction of sp³-hybridized carbons (Fsp3) is 0.400. The SMILES string of the molecule is O=S(=O)(NC1CC(O)C1)c1ccc(Br)c(F)c1. The summed E-state index contributed by atoms with van der Waals surface area (Å²) in [4.78, 5) is -0.111. The quantitative estimate of drug-likeness (QED) is 0.883. The average Bonchev–Trinajstić information content (AvgIpc) is 2.19. The van der Waals surface area contributed by atoms with Crippen LogP contribution in [0.3, 0.4) is 0 Å². The van der Waals surface area contributed by atoms with Crippen molar-refractivity contribution in [3.63, 3.8) is 0 Å². The fourth-order valence-corrected chi connectivity index (χ4v) is 3.14. The zero-order chi connectivity index (χ0) is 12.6. The van der Waals surface area contributed by atoms with E-state index in [4.69, 9.17) is 5.11 Å². The van der Waals surface area contributed by atoms with Gasteiger partial charge in [0.1, 0.15) is 5.82 Å². The number of aliphatic hydroxyl groups is 1. The number of halogens is 2. The Bertz CT molecular complexity index is 528. The van der Waals surface area contributed by atoms with E-state index in [0.29, 0.717) is 12.8 Å². The van der Waals surface area contributed by atoms with Gasteiger partial charge in [-0.1, -0.05) is 0 Å². The molecule has 7 heteroatoms. The molecule has 1 aliphatic rings. The molecule has 4 nitrogen and oxygen atoms in total. The van der Waals surface area contributed by atoms with Crippen LogP contribution in [0, 0.1) is 5.82 Å². The van der Waals surface area contributed by atoms with E-state index in [1.54, 1.807) is 0 Å². The number of hydrogen-bond donors (Lipinski definition) is 2. The fourth-order valence-electron chi connectivity index (χ4n) is 1.62. The summed E-state index contributed by atoms with van der Waals surface area (Å²) in [7, 11) is -3.70. The van der Waals surface area contributed by atoms with Gasteiger partial charge in [0.15, 0.2) is 0 Å². The Morgan fingerprint density at radius 2 is 2.06 bits per heavy atom. The lowest BCUT2D eigenvalue weighted by Crippen LogP contribution is -2.46. The molecule has 1 aromatic rings. The second-order valence-corrected chi connectivity index (χ2v) is 6.59. The first-order valence-electron chi connectivity index (χ1n) is 5.04. The highest BCUT2D eigenvalue weighted by Gasteiger charge is 2.31. The minimum Gasteiger partial charge on any atom is -0.393 e. The minimum atomic E-state index is -3.70. The molecule has 0 unspecified atom stereocenters. The maximum atomic E-state index is 13.2. The molecular formula is C10H11BrFNO3S. The van der Waals surface area contributed by atoms with E-state index in [1.807, 2.05) is 0 Å². The molecule has 0 aliphatic heterocycles. The molecule has 1 aliphatic carbocycles. The van der Waals surface area contributed by atoms with Gasteiger partial charge in [0.05, 0.1) is 15.5 Å². The molecule has 0 saturated heterocycles. The predicted octanol–water partition coefficient (Wildman–Crippen LogP) is 1.39. The van der Waals surface area contributed by atoms with Crippen LogP contribution >= 0.6 is 15.9 Å². The van der Waals surface area contributed by atoms with Gasteiger partial charge >= 0.3 is 0 Å². The molecule has 0 radical (unpaired) electrons. The molecule has 1 fully saturated rings. The number of nitrogens with one attached hydrogen (secondary N) is 1. The first-order chi connectivity index (χ1) is 7.88. The van der Waals surface area contributed by atoms with Gasteiger partial charge in [-0.15, -0.1) is 0 Å². The van der Waals surface area contributed by atoms with Crippen LogP contribution in [0.5, 0.6) is 0 Å². The van der Waals surface area contributed by atoms with Gasteiger partial charge in [-0.25, -0.2) is 17.5 Å². The topological polar surface area (TPSA) is 66.4 Å². The third-order valence-corrected chi connectivity index (χ3v) is 4.80. The van der Waals surface area contributed by atoms with Gasteiger partial charge in [0.25, 0.3) is 0 Å². The molecule has 0 atom stereocenters. The third kappa shape index (κ3) is 2.85. The van der Waals surface area contributed by atoms with Gasteiger partial charge in [-0.2, -0.15) is 0 Å². The molecule has 2 rings (SSSR count). The van der Waals surface area contributed by atoms with Crippen molar-refractivity contribution >= 4 is 26.0 Å². The molecular weight excluding hydrogens is 313 g/mol. The summed E-state index contributed by atoms with van der Waals surface area (Å²) in [6.45, 7) is 0. The third-order valence-electron chi connectivity index (χ3n) is 2.64. The van der Waals surface area contributed by atoms with Gasteiger partial charge in [0, 0.05) is 6.04 Å². The molecule has 17 heavy (non-hydrogen) atoms. The van der Waals surface area contributed by atoms with Crippen LogP contribution in [-0.2, 0) is 10.0 Å². The standard InChI is InChI=1S/C10H11BrFNO3S/c11-9-2-1-8(5-10(9)12)17(15,16)13-6-3-7(14)4-6/h1-2,5-7,13-14H,3-4H2. The number of aliphatic hydroxyl groups excluding tert-OH is 1. The van der Waals surface area contributed by atoms with Crippen molar-refractivity contribution in [1.82, 2.24) is 4.72 Å². The second kappa shape index (κ2) is 4.64. The Labute approximate surface area is 107 Å². The lowest BCUT2D eigenvalue weighted by Gasteiger charge is -2.31. The zero-order valence-electron chi connectivity index (χ0n) is 8.73. The van der Waals surface area contributed by atoms with Gasteiger partial charge in [0.2, 0.25) is 10.0 Å². The first-order valence-corrected chi connectivity index (χ1v) is 7.31. The normalized spacial score (nSPS) is 24.4. The van der Waals surface area contributed by atoms with E-state index in [-0.39, 0.29) is 15.4 Å². The Kier molecular flexibility index (Phi) is 3.53. The van der Waals surface area contributed by atoms with Crippen LogP contribution in [0.2, 0.25) is 0 Å². The van der Waals surface area contributed by atoms with Gasteiger partial charge in [-0.3, -0.25) is 0 Å². The largest absolute Gasteiger partial charge is 0.393 e. The number of benzene rings is 1. The monoisotopic (exact) mass is 323 g/mol. The van der Waals surface area contributed by atoms with Crippen molar-refractivity contribution in [3.05, 3.63) is 28.5 Å². The van der Waals surface area contributed by atoms with E-state index < -0.39 is 21.9 Å². The Morgan fingerprint density at radius 1 is 1.41 bits per heavy atom. The highest BCUT2D eigenvalue weighted by atomic mass is 79.9. The summed E-state index contributed by atoms with van der Waals surface area (Å²) >= 11 is 2.96. The molecule has 0 bridgehead atoms. The summed E-state index contributed by atoms with van der Waals surface area (Å²) in [5, 5.41) is 9.07. The van der Waals surface area contributed by atoms with Gasteiger partial charge < -0.3 is 5.11 Å². The minimum absolute atomic E-state index is 0.111. The molecule has 0 spiro atoms. The van der Waals surface area contributed by atoms with Crippen LogP contribution in [0.1, 0.15) is 12.8 Å². The van der Waals surface area contributed by atoms with Crippen molar-refractivity contribution in [2.75, 3.05) is 0 Å². The maximum Gasteiger partial charge on any atom is 0.240 e. The van der Waals surface area contributed by atoms with Crippen LogP contribution in [0.15, 0.2) is 27.6 Å². The zero-order valence-corrected chi connectivity index (χ0v) is 11.1. The Balaban J connectivity index is 2.17. The smallest absolute Gasteiger partial charge is 0.240 e. The van der Waals surface area contributed by atoms with Crippen molar-refractivity contribution in [1.29, 1.82) is 0 Å². The van der Waals surface area contributed by atoms with E-state index in [2.05, 4.69) is 20.7 Å². The maximum absolute atomic E-state index is 13.2. The van der Waals surface area contributed by atoms with Crippen molar-refractivity contribution in [2.45, 2.75) is 29.9 Å². The lowest BCUT2D eigenvalue weighted by atomic mass is 9.91. The summed E-state index contributed by atoms with van der Waals surface area (Å²) in [5.74, 6) is -0.624. The highest BCUT2D eigenvalue weighted by Crippen LogP contribution is 2.23. The van der Waals surface area contributed by atoms with Crippen LogP contribution < -0.4 is 4.72 Å². The molecule has 2 N–H and O–H groups in total. The van der Waals surface area contributed by atoms with Crippen molar-refractivity contribution < 1.29 is 17.9 Å². The van der Waals surface area contributed by atoms with Gasteiger partial charge in [-0.05, 0) is 47.0 Å². The van der Waals surface area contributed by atoms with E-state index >= 15 is 0 Å². The van der Waals surface area contributed by atoms with E-state index in [1.165, 1.54) is 12.1 Å². The van der Waals surface area contributed by atoms with Crippen LogP contribution in [0.4, 0.5) is 4.39 Å². The van der Waals surface area contributed by atoms with Crippen molar-refractivity contribution in [3.8, 4) is 0 Å². The summed E-state index contributed by atoms with van der Waals surface area (Å²) in [5.41, 5.74) is 0. The average molecular weight is 324 g/mol. The predicted molar refractivity (Wildman–Crippen MR) is 63.5 cm³/mol. The molecule has 0 heterocycles. The van der Waals surface area contributed by atoms with Crippen LogP contribution in [-0.4, -0.2) is 25.7 Å². The summed E-state index contributed by atoms with van der Waals surface area (Å²) in [6.07, 6.45) is 0.362. The number of sulfonamides is 1. The van der Waals surface area contributed by atoms with E-state index in [0.717, 1.165) is 6.07 Å². The number of rotatable bonds is 3. The summed E-state index contributed by atoms with van der Waals surface area (Å²) < 4.78 is 39.5. The Hall–Kier alpha value is -0.500. The van der Waals surface area contributed by atoms with Crippen LogP contribution in [0.25, 0.3) is 0 Å². The molecule has 94 valence electrons. The second-order valence-electron chi connectivity index (χ2n) is 4.02. The first kappa shape index (κ1) is 12.9. The molecule has 0 aromatic heterocycles. The molecule has 1 saturated carbocycles. The number of hydrogen-bond acceptors (Lipinski definition) is 3.